The zero-order valence-electron chi connectivity index (χ0n) is 7.88. The van der Waals surface area contributed by atoms with Crippen LogP contribution in [0, 0.1) is 0 Å². The smallest absolute Gasteiger partial charge is 0.109 e. The zero-order chi connectivity index (χ0) is 8.81. The highest BCUT2D eigenvalue weighted by atomic mass is 15.0. The minimum absolute atomic E-state index is 1.02. The van der Waals surface area contributed by atoms with Gasteiger partial charge in [-0.15, -0.1) is 0 Å². The molecule has 0 bridgehead atoms. The van der Waals surface area contributed by atoms with Crippen molar-refractivity contribution in [3.8, 4) is 0 Å². The summed E-state index contributed by atoms with van der Waals surface area (Å²) in [6.07, 6.45) is 6.04. The first kappa shape index (κ1) is 9.26. The van der Waals surface area contributed by atoms with Crippen molar-refractivity contribution in [3.63, 3.8) is 0 Å². The van der Waals surface area contributed by atoms with Crippen molar-refractivity contribution in [1.82, 2.24) is 14.9 Å². The first-order valence-corrected chi connectivity index (χ1v) is 4.51. The third-order valence-corrected chi connectivity index (χ3v) is 1.87. The molecular formula is C9H17N3. The Morgan fingerprint density at radius 3 is 2.92 bits per heavy atom. The average molecular weight is 167 g/mol. The number of nitrogens with zero attached hydrogens (tertiary/aromatic N) is 2. The van der Waals surface area contributed by atoms with Gasteiger partial charge in [0.05, 0.1) is 0 Å². The van der Waals surface area contributed by atoms with Crippen molar-refractivity contribution in [1.29, 1.82) is 0 Å². The molecule has 3 heteroatoms. The highest BCUT2D eigenvalue weighted by Gasteiger charge is 1.96. The lowest BCUT2D eigenvalue weighted by atomic mass is 10.4. The molecule has 12 heavy (non-hydrogen) atoms. The van der Waals surface area contributed by atoms with Crippen LogP contribution >= 0.6 is 0 Å². The fourth-order valence-corrected chi connectivity index (χ4v) is 1.14. The SMILES string of the molecule is CCCNCCc1nccn1C. The van der Waals surface area contributed by atoms with Crippen LogP contribution < -0.4 is 5.32 Å². The lowest BCUT2D eigenvalue weighted by Gasteiger charge is -2.02. The quantitative estimate of drug-likeness (QED) is 0.662. The molecule has 0 saturated carbocycles. The van der Waals surface area contributed by atoms with Crippen molar-refractivity contribution >= 4 is 0 Å². The van der Waals surface area contributed by atoms with Gasteiger partial charge in [-0.25, -0.2) is 4.98 Å². The van der Waals surface area contributed by atoms with Gasteiger partial charge in [-0.2, -0.15) is 0 Å². The van der Waals surface area contributed by atoms with Crippen molar-refractivity contribution in [2.24, 2.45) is 7.05 Å². The summed E-state index contributed by atoms with van der Waals surface area (Å²) >= 11 is 0. The number of nitrogens with one attached hydrogen (secondary N) is 1. The lowest BCUT2D eigenvalue weighted by molar-refractivity contribution is 0.645. The van der Waals surface area contributed by atoms with Gasteiger partial charge >= 0.3 is 0 Å². The first-order valence-electron chi connectivity index (χ1n) is 4.51. The molecule has 1 heterocycles. The van der Waals surface area contributed by atoms with E-state index in [9.17, 15) is 0 Å². The Balaban J connectivity index is 2.20. The number of rotatable bonds is 5. The second kappa shape index (κ2) is 4.93. The maximum Gasteiger partial charge on any atom is 0.109 e. The molecule has 3 nitrogen and oxygen atoms in total. The molecule has 1 rings (SSSR count). The van der Waals surface area contributed by atoms with Crippen molar-refractivity contribution in [2.45, 2.75) is 19.8 Å². The minimum Gasteiger partial charge on any atom is -0.338 e. The third kappa shape index (κ3) is 2.66. The molecule has 0 aliphatic carbocycles. The zero-order valence-corrected chi connectivity index (χ0v) is 7.88. The third-order valence-electron chi connectivity index (χ3n) is 1.87. The van der Waals surface area contributed by atoms with Gasteiger partial charge in [0.1, 0.15) is 5.82 Å². The van der Waals surface area contributed by atoms with E-state index in [-0.39, 0.29) is 0 Å². The van der Waals surface area contributed by atoms with E-state index in [0.29, 0.717) is 0 Å². The van der Waals surface area contributed by atoms with E-state index >= 15 is 0 Å². The Kier molecular flexibility index (Phi) is 3.80. The fraction of sp³-hybridized carbons (Fsp3) is 0.667. The van der Waals surface area contributed by atoms with E-state index in [1.54, 1.807) is 0 Å². The fourth-order valence-electron chi connectivity index (χ4n) is 1.14. The van der Waals surface area contributed by atoms with Gasteiger partial charge in [-0.1, -0.05) is 6.92 Å². The van der Waals surface area contributed by atoms with E-state index in [1.807, 2.05) is 19.4 Å². The van der Waals surface area contributed by atoms with Crippen molar-refractivity contribution in [3.05, 3.63) is 18.2 Å². The van der Waals surface area contributed by atoms with E-state index in [0.717, 1.165) is 25.3 Å². The van der Waals surface area contributed by atoms with Crippen molar-refractivity contribution < 1.29 is 0 Å². The van der Waals surface area contributed by atoms with Gasteiger partial charge in [0, 0.05) is 32.4 Å². The van der Waals surface area contributed by atoms with E-state index in [2.05, 4.69) is 21.8 Å². The predicted octanol–water partition coefficient (Wildman–Crippen LogP) is 0.962. The summed E-state index contributed by atoms with van der Waals surface area (Å²) < 4.78 is 2.06. The molecule has 0 amide bonds. The molecule has 0 saturated heterocycles. The summed E-state index contributed by atoms with van der Waals surface area (Å²) in [5, 5.41) is 3.35. The van der Waals surface area contributed by atoms with Gasteiger partial charge in [0.2, 0.25) is 0 Å². The van der Waals surface area contributed by atoms with E-state index in [1.165, 1.54) is 6.42 Å². The van der Waals surface area contributed by atoms with Gasteiger partial charge in [0.25, 0.3) is 0 Å². The molecule has 0 atom stereocenters. The van der Waals surface area contributed by atoms with Crippen LogP contribution in [-0.2, 0) is 13.5 Å². The molecule has 0 aliphatic rings. The summed E-state index contributed by atoms with van der Waals surface area (Å²) in [7, 11) is 2.03. The molecule has 1 aromatic heterocycles. The number of aromatic nitrogens is 2. The average Bonchev–Trinajstić information content (AvgIpc) is 2.46. The summed E-state index contributed by atoms with van der Waals surface area (Å²) in [6, 6.07) is 0. The Labute approximate surface area is 73.8 Å². The van der Waals surface area contributed by atoms with Gasteiger partial charge < -0.3 is 9.88 Å². The maximum absolute atomic E-state index is 4.24. The highest BCUT2D eigenvalue weighted by molar-refractivity contribution is 4.91. The Morgan fingerprint density at radius 1 is 1.50 bits per heavy atom. The van der Waals surface area contributed by atoms with Crippen LogP contribution in [0.1, 0.15) is 19.2 Å². The standard InChI is InChI=1S/C9H17N3/c1-3-5-10-6-4-9-11-7-8-12(9)2/h7-8,10H,3-6H2,1-2H3. The number of hydrogen-bond donors (Lipinski definition) is 1. The maximum atomic E-state index is 4.24. The monoisotopic (exact) mass is 167 g/mol. The molecule has 1 N–H and O–H groups in total. The van der Waals surface area contributed by atoms with E-state index in [4.69, 9.17) is 0 Å². The molecule has 1 aromatic rings. The molecule has 0 aliphatic heterocycles. The molecule has 68 valence electrons. The molecule has 0 fully saturated rings. The molecule has 0 radical (unpaired) electrons. The summed E-state index contributed by atoms with van der Waals surface area (Å²) in [5.41, 5.74) is 0. The van der Waals surface area contributed by atoms with Crippen molar-refractivity contribution in [2.75, 3.05) is 13.1 Å². The van der Waals surface area contributed by atoms with Crippen LogP contribution in [-0.4, -0.2) is 22.6 Å². The largest absolute Gasteiger partial charge is 0.338 e. The normalized spacial score (nSPS) is 10.5. The second-order valence-electron chi connectivity index (χ2n) is 2.95. The van der Waals surface area contributed by atoms with Crippen LogP contribution in [0.4, 0.5) is 0 Å². The van der Waals surface area contributed by atoms with Crippen LogP contribution in [0.3, 0.4) is 0 Å². The Hall–Kier alpha value is -0.830. The highest BCUT2D eigenvalue weighted by Crippen LogP contribution is 1.93. The van der Waals surface area contributed by atoms with Crippen LogP contribution in [0.15, 0.2) is 12.4 Å². The Morgan fingerprint density at radius 2 is 2.33 bits per heavy atom. The molecule has 0 spiro atoms. The Bertz CT molecular complexity index is 217. The predicted molar refractivity (Wildman–Crippen MR) is 50.1 cm³/mol. The number of hydrogen-bond acceptors (Lipinski definition) is 2. The van der Waals surface area contributed by atoms with E-state index < -0.39 is 0 Å². The molecular weight excluding hydrogens is 150 g/mol. The number of aryl methyl sites for hydroxylation is 1. The van der Waals surface area contributed by atoms with Crippen LogP contribution in [0.2, 0.25) is 0 Å². The van der Waals surface area contributed by atoms with Crippen LogP contribution in [0.25, 0.3) is 0 Å². The van der Waals surface area contributed by atoms with Gasteiger partial charge in [0.15, 0.2) is 0 Å². The van der Waals surface area contributed by atoms with Crippen LogP contribution in [0.5, 0.6) is 0 Å². The number of imidazole rings is 1. The first-order chi connectivity index (χ1) is 5.84. The van der Waals surface area contributed by atoms with Gasteiger partial charge in [-0.05, 0) is 13.0 Å². The summed E-state index contributed by atoms with van der Waals surface area (Å²) in [6.45, 7) is 4.30. The lowest BCUT2D eigenvalue weighted by Crippen LogP contribution is -2.19. The molecule has 0 unspecified atom stereocenters. The second-order valence-corrected chi connectivity index (χ2v) is 2.95. The van der Waals surface area contributed by atoms with Gasteiger partial charge in [-0.3, -0.25) is 0 Å². The topological polar surface area (TPSA) is 29.9 Å². The molecule has 0 aromatic carbocycles. The summed E-state index contributed by atoms with van der Waals surface area (Å²) in [5.74, 6) is 1.15. The summed E-state index contributed by atoms with van der Waals surface area (Å²) in [4.78, 5) is 4.24. The minimum atomic E-state index is 1.02.